The number of rotatable bonds is 0. The van der Waals surface area contributed by atoms with E-state index in [-0.39, 0.29) is 3.79 Å². The van der Waals surface area contributed by atoms with Crippen LogP contribution < -0.4 is 0 Å². The molecule has 0 radical (unpaired) electrons. The van der Waals surface area contributed by atoms with Crippen LogP contribution in [0.2, 0.25) is 13.6 Å². The first kappa shape index (κ1) is 6.02. The van der Waals surface area contributed by atoms with Crippen molar-refractivity contribution in [2.75, 3.05) is 0 Å². The van der Waals surface area contributed by atoms with E-state index in [1.165, 1.54) is 0 Å². The molecular formula is C2H6BBr2-. The third-order valence-electron chi connectivity index (χ3n) is 0. The van der Waals surface area contributed by atoms with Crippen LogP contribution in [0.5, 0.6) is 0 Å². The van der Waals surface area contributed by atoms with Gasteiger partial charge in [-0.1, -0.05) is 0 Å². The minimum absolute atomic E-state index is 0.375. The zero-order valence-electron chi connectivity index (χ0n) is 3.33. The average molecular weight is 201 g/mol. The van der Waals surface area contributed by atoms with Gasteiger partial charge in [0, 0.05) is 0 Å². The lowest BCUT2D eigenvalue weighted by molar-refractivity contribution is 2.10. The summed E-state index contributed by atoms with van der Waals surface area (Å²) in [6, 6.07) is 0. The molecular weight excluding hydrogens is 195 g/mol. The van der Waals surface area contributed by atoms with E-state index in [2.05, 4.69) is 45.2 Å². The molecule has 0 spiro atoms. The average Bonchev–Trinajstić information content (AvgIpc) is 0.722. The molecule has 0 aliphatic rings. The van der Waals surface area contributed by atoms with Gasteiger partial charge in [-0.15, -0.1) is 0 Å². The van der Waals surface area contributed by atoms with Gasteiger partial charge in [0.05, 0.1) is 0 Å². The molecule has 0 saturated heterocycles. The van der Waals surface area contributed by atoms with Crippen LogP contribution in [0.3, 0.4) is 0 Å². The van der Waals surface area contributed by atoms with E-state index in [1.807, 2.05) is 0 Å². The van der Waals surface area contributed by atoms with E-state index in [4.69, 9.17) is 0 Å². The molecule has 0 heterocycles. The van der Waals surface area contributed by atoms with Gasteiger partial charge in [-0.25, -0.2) is 0 Å². The van der Waals surface area contributed by atoms with E-state index >= 15 is 0 Å². The summed E-state index contributed by atoms with van der Waals surface area (Å²) in [5.74, 6) is 0. The summed E-state index contributed by atoms with van der Waals surface area (Å²) in [6.07, 6.45) is 0. The normalized spacial score (nSPS) is 12.0. The third kappa shape index (κ3) is 43.8. The molecule has 0 N–H and O–H groups in total. The van der Waals surface area contributed by atoms with Crippen LogP contribution in [-0.4, -0.2) is 3.79 Å². The Morgan fingerprint density at radius 3 is 1.20 bits per heavy atom. The van der Waals surface area contributed by atoms with E-state index in [9.17, 15) is 0 Å². The number of hydrogen-bond donors (Lipinski definition) is 0. The first-order valence-corrected chi connectivity index (χ1v) is 3.42. The largest absolute Gasteiger partial charge is 0.341 e. The molecule has 0 aromatic carbocycles. The lowest BCUT2D eigenvalue weighted by Crippen LogP contribution is -1.99. The second kappa shape index (κ2) is 1.65. The molecule has 0 unspecified atom stereocenters. The molecule has 0 aromatic rings. The Hall–Kier alpha value is 1.02. The van der Waals surface area contributed by atoms with Crippen LogP contribution in [0, 0.1) is 0 Å². The SMILES string of the molecule is C[B-](C)(Br)Br. The Balaban J connectivity index is 3.02. The van der Waals surface area contributed by atoms with Crippen molar-refractivity contribution in [1.82, 2.24) is 0 Å². The van der Waals surface area contributed by atoms with Gasteiger partial charge in [-0.3, -0.25) is 0 Å². The lowest BCUT2D eigenvalue weighted by atomic mass is 9.86. The molecule has 0 rings (SSSR count). The molecule has 0 aliphatic heterocycles. The molecule has 0 atom stereocenters. The first-order chi connectivity index (χ1) is 2.00. The highest BCUT2D eigenvalue weighted by atomic mass is 79.9. The summed E-state index contributed by atoms with van der Waals surface area (Å²) >= 11 is 6.71. The molecule has 0 saturated carbocycles. The van der Waals surface area contributed by atoms with Crippen LogP contribution in [0.4, 0.5) is 0 Å². The van der Waals surface area contributed by atoms with Crippen molar-refractivity contribution in [3.63, 3.8) is 0 Å². The van der Waals surface area contributed by atoms with Crippen molar-refractivity contribution in [2.24, 2.45) is 0 Å². The Morgan fingerprint density at radius 2 is 1.20 bits per heavy atom. The molecule has 0 amide bonds. The molecule has 0 nitrogen and oxygen atoms in total. The van der Waals surface area contributed by atoms with Gasteiger partial charge in [0.15, 0.2) is 0 Å². The highest BCUT2D eigenvalue weighted by molar-refractivity contribution is 9.51. The van der Waals surface area contributed by atoms with E-state index in [1.54, 1.807) is 0 Å². The second-order valence-electron chi connectivity index (χ2n) is 1.53. The van der Waals surface area contributed by atoms with Gasteiger partial charge in [-0.05, 0) is 0 Å². The maximum atomic E-state index is 3.35. The van der Waals surface area contributed by atoms with Crippen LogP contribution in [-0.2, 0) is 0 Å². The van der Waals surface area contributed by atoms with Gasteiger partial charge in [-0.2, -0.15) is 13.6 Å². The maximum absolute atomic E-state index is 3.35. The topological polar surface area (TPSA) is 0 Å². The summed E-state index contributed by atoms with van der Waals surface area (Å²) in [6.45, 7) is 4.17. The molecule has 0 fully saturated rings. The summed E-state index contributed by atoms with van der Waals surface area (Å²) in [4.78, 5) is 0. The minimum atomic E-state index is -0.375. The van der Waals surface area contributed by atoms with Crippen LogP contribution >= 0.6 is 31.5 Å². The van der Waals surface area contributed by atoms with Crippen LogP contribution in [0.25, 0.3) is 0 Å². The summed E-state index contributed by atoms with van der Waals surface area (Å²) < 4.78 is -0.375. The zero-order valence-corrected chi connectivity index (χ0v) is 6.51. The van der Waals surface area contributed by atoms with E-state index in [0.717, 1.165) is 0 Å². The van der Waals surface area contributed by atoms with Gasteiger partial charge in [0.2, 0.25) is 0 Å². The fraction of sp³-hybridized carbons (Fsp3) is 1.00. The van der Waals surface area contributed by atoms with Gasteiger partial charge in [0.1, 0.15) is 3.79 Å². The van der Waals surface area contributed by atoms with Crippen LogP contribution in [0.15, 0.2) is 0 Å². The van der Waals surface area contributed by atoms with Crippen molar-refractivity contribution < 1.29 is 0 Å². The third-order valence-corrected chi connectivity index (χ3v) is 0. The minimum Gasteiger partial charge on any atom is -0.341 e. The van der Waals surface area contributed by atoms with Crippen molar-refractivity contribution in [3.8, 4) is 0 Å². The summed E-state index contributed by atoms with van der Waals surface area (Å²) in [7, 11) is 0. The molecule has 5 heavy (non-hydrogen) atoms. The molecule has 0 aliphatic carbocycles. The monoisotopic (exact) mass is 199 g/mol. The Bertz CT molecular complexity index is 23.1. The smallest absolute Gasteiger partial charge is 0.123 e. The Kier molecular flexibility index (Phi) is 1.99. The zero-order chi connectivity index (χ0) is 4.50. The van der Waals surface area contributed by atoms with Gasteiger partial charge < -0.3 is 31.5 Å². The quantitative estimate of drug-likeness (QED) is 0.527. The van der Waals surface area contributed by atoms with Crippen molar-refractivity contribution >= 4 is 35.3 Å². The van der Waals surface area contributed by atoms with Crippen LogP contribution in [0.1, 0.15) is 0 Å². The molecule has 3 heteroatoms. The lowest BCUT2D eigenvalue weighted by Gasteiger charge is -2.08. The summed E-state index contributed by atoms with van der Waals surface area (Å²) in [5, 5.41) is 0. The molecule has 32 valence electrons. The van der Waals surface area contributed by atoms with Crippen molar-refractivity contribution in [3.05, 3.63) is 0 Å². The molecule has 0 aromatic heterocycles. The van der Waals surface area contributed by atoms with Gasteiger partial charge >= 0.3 is 0 Å². The van der Waals surface area contributed by atoms with Crippen molar-refractivity contribution in [1.29, 1.82) is 0 Å². The van der Waals surface area contributed by atoms with Gasteiger partial charge in [0.25, 0.3) is 0 Å². The fourth-order valence-electron chi connectivity index (χ4n) is 0. The predicted octanol–water partition coefficient (Wildman–Crippen LogP) is 2.48. The van der Waals surface area contributed by atoms with E-state index < -0.39 is 0 Å². The standard InChI is InChI=1S/C2H6BBr2/c1-3(2,4)5/h1-2H3/q-1. The Labute approximate surface area is 49.2 Å². The molecule has 0 bridgehead atoms. The number of hydrogen-bond acceptors (Lipinski definition) is 0. The summed E-state index contributed by atoms with van der Waals surface area (Å²) in [5.41, 5.74) is 0. The maximum Gasteiger partial charge on any atom is 0.123 e. The fourth-order valence-corrected chi connectivity index (χ4v) is 0. The number of halogens is 2. The van der Waals surface area contributed by atoms with E-state index in [0.29, 0.717) is 0 Å². The second-order valence-corrected chi connectivity index (χ2v) is 7.34. The Morgan fingerprint density at radius 1 is 1.20 bits per heavy atom. The highest BCUT2D eigenvalue weighted by Crippen LogP contribution is 2.17. The van der Waals surface area contributed by atoms with Crippen molar-refractivity contribution in [2.45, 2.75) is 13.6 Å². The highest BCUT2D eigenvalue weighted by Gasteiger charge is 1.95. The first-order valence-electron chi connectivity index (χ1n) is 1.59. The predicted molar refractivity (Wildman–Crippen MR) is 35.3 cm³/mol.